The van der Waals surface area contributed by atoms with Gasteiger partial charge in [0, 0.05) is 151 Å². The number of hydrogen-bond donors (Lipinski definition) is 1. The summed E-state index contributed by atoms with van der Waals surface area (Å²) in [6.45, 7) is 17.9. The lowest BCUT2D eigenvalue weighted by atomic mass is 10.0. The number of anilines is 1. The van der Waals surface area contributed by atoms with E-state index >= 15 is 0 Å². The largest absolute Gasteiger partial charge is 0.496 e. The fraction of sp³-hybridized carbons (Fsp3) is 0.510. The maximum absolute atomic E-state index is 13.3. The zero-order valence-corrected chi connectivity index (χ0v) is 40.9. The van der Waals surface area contributed by atoms with Crippen LogP contribution in [0.5, 0.6) is 5.75 Å². The molecule has 16 heteroatoms. The number of fused-ring (bicyclic) bond motifs is 1. The van der Waals surface area contributed by atoms with Crippen LogP contribution in [0.15, 0.2) is 66.9 Å². The maximum atomic E-state index is 13.3. The maximum Gasteiger partial charge on any atom is 0.255 e. The van der Waals surface area contributed by atoms with E-state index in [1.165, 1.54) is 11.3 Å². The van der Waals surface area contributed by atoms with Crippen molar-refractivity contribution in [1.82, 2.24) is 39.8 Å². The van der Waals surface area contributed by atoms with Gasteiger partial charge >= 0.3 is 0 Å². The first-order chi connectivity index (χ1) is 32.4. The number of rotatable bonds is 15. The number of aromatic nitrogens is 2. The second kappa shape index (κ2) is 20.9. The fourth-order valence-electron chi connectivity index (χ4n) is 10.8. The molecule has 6 heterocycles. The molecule has 14 nitrogen and oxygen atoms in total. The van der Waals surface area contributed by atoms with Gasteiger partial charge in [-0.05, 0) is 67.8 Å². The van der Waals surface area contributed by atoms with Crippen molar-refractivity contribution in [3.63, 3.8) is 0 Å². The first kappa shape index (κ1) is 47.4. The van der Waals surface area contributed by atoms with E-state index in [0.717, 1.165) is 138 Å². The third-order valence-corrected chi connectivity index (χ3v) is 16.7. The van der Waals surface area contributed by atoms with Crippen LogP contribution in [0.2, 0.25) is 5.02 Å². The van der Waals surface area contributed by atoms with E-state index in [1.54, 1.807) is 31.5 Å². The zero-order valence-electron chi connectivity index (χ0n) is 39.3. The van der Waals surface area contributed by atoms with Crippen LogP contribution in [0.4, 0.5) is 5.69 Å². The van der Waals surface area contributed by atoms with Gasteiger partial charge in [-0.25, -0.2) is 9.97 Å². The first-order valence-electron chi connectivity index (χ1n) is 24.1. The highest BCUT2D eigenvalue weighted by molar-refractivity contribution is 7.70. The number of ether oxygens (including phenoxy) is 1. The molecule has 1 atom stereocenters. The number of benzene rings is 3. The predicted octanol–water partition coefficient (Wildman–Crippen LogP) is 4.78. The molecule has 67 heavy (non-hydrogen) atoms. The Balaban J connectivity index is 0.685. The summed E-state index contributed by atoms with van der Waals surface area (Å²) in [4.78, 5) is 61.6. The van der Waals surface area contributed by atoms with E-state index in [1.807, 2.05) is 36.4 Å². The number of carbonyl (C=O) groups excluding carboxylic acids is 3. The Morgan fingerprint density at radius 1 is 0.776 bits per heavy atom. The SMILES string of the molecule is COc1cc(N2CCC(N3CCN(CCN4CCN(CCc5cccc6c5CN(C5CCC(=O)NC5=O)C6=O)CC4)CC3)CC2)ccc1Cc1ncc(Cl)c(Cc2ccccc2P(C)(C)=O)n1. The smallest absolute Gasteiger partial charge is 0.255 e. The Labute approximate surface area is 400 Å². The van der Waals surface area contributed by atoms with Gasteiger partial charge in [-0.1, -0.05) is 54.1 Å². The third kappa shape index (κ3) is 11.1. The van der Waals surface area contributed by atoms with E-state index in [-0.39, 0.29) is 24.1 Å². The van der Waals surface area contributed by atoms with E-state index in [4.69, 9.17) is 21.3 Å². The molecule has 9 rings (SSSR count). The second-order valence-corrected chi connectivity index (χ2v) is 22.9. The number of nitrogens with zero attached hydrogens (tertiary/aromatic N) is 8. The Morgan fingerprint density at radius 2 is 1.46 bits per heavy atom. The van der Waals surface area contributed by atoms with Gasteiger partial charge in [0.1, 0.15) is 24.8 Å². The van der Waals surface area contributed by atoms with E-state index in [9.17, 15) is 18.9 Å². The summed E-state index contributed by atoms with van der Waals surface area (Å²) < 4.78 is 18.9. The van der Waals surface area contributed by atoms with Crippen LogP contribution in [0.3, 0.4) is 0 Å². The number of nitrogens with one attached hydrogen (secondary N) is 1. The van der Waals surface area contributed by atoms with Crippen molar-refractivity contribution in [1.29, 1.82) is 0 Å². The van der Waals surface area contributed by atoms with Crippen LogP contribution in [-0.2, 0) is 40.0 Å². The normalized spacial score (nSPS) is 20.7. The minimum atomic E-state index is -2.47. The van der Waals surface area contributed by atoms with Crippen LogP contribution >= 0.6 is 18.7 Å². The van der Waals surface area contributed by atoms with Gasteiger partial charge in [-0.15, -0.1) is 0 Å². The predicted molar refractivity (Wildman–Crippen MR) is 263 cm³/mol. The van der Waals surface area contributed by atoms with Gasteiger partial charge in [-0.2, -0.15) is 0 Å². The lowest BCUT2D eigenvalue weighted by Gasteiger charge is -2.44. The van der Waals surface area contributed by atoms with Crippen LogP contribution < -0.4 is 20.3 Å². The summed E-state index contributed by atoms with van der Waals surface area (Å²) in [7, 11) is -0.742. The second-order valence-electron chi connectivity index (χ2n) is 19.3. The molecule has 5 aliphatic heterocycles. The van der Waals surface area contributed by atoms with Crippen molar-refractivity contribution in [3.8, 4) is 5.75 Å². The van der Waals surface area contributed by atoms with Gasteiger partial charge in [-0.3, -0.25) is 34.4 Å². The lowest BCUT2D eigenvalue weighted by molar-refractivity contribution is -0.136. The van der Waals surface area contributed by atoms with Crippen LogP contribution in [0.25, 0.3) is 0 Å². The topological polar surface area (TPSA) is 135 Å². The highest BCUT2D eigenvalue weighted by atomic mass is 35.5. The number of halogens is 1. The molecule has 1 aromatic heterocycles. The number of carbonyl (C=O) groups is 3. The molecule has 0 bridgehead atoms. The number of piperidine rings is 2. The molecule has 0 aliphatic carbocycles. The molecule has 4 fully saturated rings. The molecule has 1 N–H and O–H groups in total. The average molecular weight is 951 g/mol. The summed E-state index contributed by atoms with van der Waals surface area (Å²) in [6.07, 6.45) is 6.49. The minimum absolute atomic E-state index is 0.107. The standard InChI is InChI=1S/C51H65ClN9O5P/c1-66-46-33-40(12-11-37(46)32-48-53-34-43(52)44(54-48)31-38-7-4-5-10-47(38)67(2,3)65)59-19-16-39(17-20-59)60-29-27-58(28-30-60)26-25-57-23-21-56(22-24-57)18-15-36-8-6-9-41-42(36)35-61(51(41)64)45-13-14-49(62)55-50(45)63/h4-12,33-34,39,45H,13-32,35H2,1-3H3,(H,55,62,63). The van der Waals surface area contributed by atoms with E-state index in [0.29, 0.717) is 48.3 Å². The Morgan fingerprint density at radius 3 is 2.16 bits per heavy atom. The molecule has 356 valence electrons. The summed E-state index contributed by atoms with van der Waals surface area (Å²) in [6, 6.07) is 20.3. The van der Waals surface area contributed by atoms with Crippen molar-refractivity contribution >= 4 is 47.5 Å². The highest BCUT2D eigenvalue weighted by Gasteiger charge is 2.40. The van der Waals surface area contributed by atoms with Gasteiger partial charge in [0.05, 0.1) is 17.8 Å². The molecule has 3 aromatic carbocycles. The molecular formula is C51H65ClN9O5P. The Bertz CT molecular complexity index is 2500. The van der Waals surface area contributed by atoms with Crippen molar-refractivity contribution in [2.24, 2.45) is 0 Å². The van der Waals surface area contributed by atoms with Crippen LogP contribution in [0, 0.1) is 0 Å². The third-order valence-electron chi connectivity index (χ3n) is 14.7. The number of piperazine rings is 2. The van der Waals surface area contributed by atoms with Crippen LogP contribution in [-0.4, -0.2) is 170 Å². The summed E-state index contributed by atoms with van der Waals surface area (Å²) in [5.41, 5.74) is 6.81. The number of imide groups is 1. The van der Waals surface area contributed by atoms with Gasteiger partial charge in [0.15, 0.2) is 0 Å². The van der Waals surface area contributed by atoms with Crippen molar-refractivity contribution in [2.45, 2.75) is 63.6 Å². The van der Waals surface area contributed by atoms with E-state index in [2.05, 4.69) is 59.1 Å². The molecule has 0 saturated carbocycles. The molecule has 0 radical (unpaired) electrons. The van der Waals surface area contributed by atoms with Crippen molar-refractivity contribution < 1.29 is 23.7 Å². The Hall–Kier alpha value is -4.69. The highest BCUT2D eigenvalue weighted by Crippen LogP contribution is 2.37. The minimum Gasteiger partial charge on any atom is -0.496 e. The summed E-state index contributed by atoms with van der Waals surface area (Å²) in [5, 5.41) is 3.76. The van der Waals surface area contributed by atoms with Crippen LogP contribution in [0.1, 0.15) is 69.8 Å². The Kier molecular flexibility index (Phi) is 14.8. The summed E-state index contributed by atoms with van der Waals surface area (Å²) in [5.74, 6) is 0.760. The van der Waals surface area contributed by atoms with E-state index < -0.39 is 13.2 Å². The molecule has 5 aliphatic rings. The number of hydrogen-bond acceptors (Lipinski definition) is 12. The van der Waals surface area contributed by atoms with Gasteiger partial charge < -0.3 is 24.0 Å². The molecule has 3 amide bonds. The molecule has 4 aromatic rings. The molecule has 0 spiro atoms. The lowest BCUT2D eigenvalue weighted by Crippen LogP contribution is -2.54. The van der Waals surface area contributed by atoms with Crippen molar-refractivity contribution in [2.75, 3.05) is 110 Å². The molecule has 1 unspecified atom stereocenters. The number of amides is 3. The summed E-state index contributed by atoms with van der Waals surface area (Å²) >= 11 is 6.59. The van der Waals surface area contributed by atoms with Gasteiger partial charge in [0.2, 0.25) is 11.8 Å². The fourth-order valence-corrected chi connectivity index (χ4v) is 12.2. The zero-order chi connectivity index (χ0) is 46.7. The first-order valence-corrected chi connectivity index (χ1v) is 27.1. The molecule has 4 saturated heterocycles. The van der Waals surface area contributed by atoms with Gasteiger partial charge in [0.25, 0.3) is 5.91 Å². The quantitative estimate of drug-likeness (QED) is 0.130. The average Bonchev–Trinajstić information content (AvgIpc) is 3.67. The number of methoxy groups -OCH3 is 1. The monoisotopic (exact) mass is 949 g/mol. The van der Waals surface area contributed by atoms with Crippen molar-refractivity contribution in [3.05, 3.63) is 111 Å². The molecular weight excluding hydrogens is 885 g/mol.